The van der Waals surface area contributed by atoms with Gasteiger partial charge in [-0.3, -0.25) is 0 Å². The smallest absolute Gasteiger partial charge is 0.184 e. The fraction of sp³-hybridized carbons (Fsp3) is 0.625. The zero-order valence-corrected chi connectivity index (χ0v) is 11.8. The van der Waals surface area contributed by atoms with Crippen molar-refractivity contribution in [3.8, 4) is 0 Å². The zero-order chi connectivity index (χ0) is 13.4. The maximum absolute atomic E-state index is 6.16. The molecule has 0 N–H and O–H groups in total. The molecule has 2 aliphatic heterocycles. The van der Waals surface area contributed by atoms with Crippen LogP contribution in [0.15, 0.2) is 30.3 Å². The van der Waals surface area contributed by atoms with E-state index in [0.29, 0.717) is 18.4 Å². The molecule has 0 bridgehead atoms. The summed E-state index contributed by atoms with van der Waals surface area (Å²) in [4.78, 5) is 0. The van der Waals surface area contributed by atoms with Crippen LogP contribution >= 0.6 is 0 Å². The van der Waals surface area contributed by atoms with Crippen LogP contribution in [0.2, 0.25) is 0 Å². The Bertz CT molecular complexity index is 417. The molecule has 2 heterocycles. The Kier molecular flexibility index (Phi) is 3.61. The Morgan fingerprint density at radius 2 is 1.68 bits per heavy atom. The molecule has 104 valence electrons. The quantitative estimate of drug-likeness (QED) is 0.778. The van der Waals surface area contributed by atoms with Crippen LogP contribution in [0.3, 0.4) is 0 Å². The molecular weight excluding hydrogens is 240 g/mol. The third-order valence-electron chi connectivity index (χ3n) is 4.61. The molecule has 1 aromatic rings. The highest BCUT2D eigenvalue weighted by molar-refractivity contribution is 5.16. The first kappa shape index (κ1) is 13.1. The molecule has 3 heteroatoms. The Hall–Kier alpha value is -0.900. The van der Waals surface area contributed by atoms with Crippen LogP contribution in [0.1, 0.15) is 32.6 Å². The summed E-state index contributed by atoms with van der Waals surface area (Å²) in [6, 6.07) is 10.1. The predicted molar refractivity (Wildman–Crippen MR) is 72.7 cm³/mol. The number of hydrogen-bond acceptors (Lipinski definition) is 3. The molecule has 2 saturated heterocycles. The van der Waals surface area contributed by atoms with Gasteiger partial charge in [-0.2, -0.15) is 0 Å². The molecule has 0 amide bonds. The van der Waals surface area contributed by atoms with Gasteiger partial charge in [0.25, 0.3) is 0 Å². The predicted octanol–water partition coefficient (Wildman–Crippen LogP) is 3.16. The van der Waals surface area contributed by atoms with E-state index in [9.17, 15) is 0 Å². The van der Waals surface area contributed by atoms with E-state index in [1.54, 1.807) is 0 Å². The average molecular weight is 262 g/mol. The van der Waals surface area contributed by atoms with Crippen LogP contribution < -0.4 is 0 Å². The maximum Gasteiger partial charge on any atom is 0.184 e. The lowest BCUT2D eigenvalue weighted by Crippen LogP contribution is -2.54. The minimum absolute atomic E-state index is 0.0705. The summed E-state index contributed by atoms with van der Waals surface area (Å²) in [7, 11) is 0. The van der Waals surface area contributed by atoms with Crippen LogP contribution in [0.5, 0.6) is 0 Å². The number of benzene rings is 1. The van der Waals surface area contributed by atoms with Gasteiger partial charge in [0, 0.05) is 5.56 Å². The van der Waals surface area contributed by atoms with Crippen LogP contribution in [0.25, 0.3) is 0 Å². The summed E-state index contributed by atoms with van der Waals surface area (Å²) in [5, 5.41) is 0. The topological polar surface area (TPSA) is 27.7 Å². The molecule has 6 atom stereocenters. The third kappa shape index (κ3) is 2.42. The Balaban J connectivity index is 1.75. The molecule has 19 heavy (non-hydrogen) atoms. The summed E-state index contributed by atoms with van der Waals surface area (Å²) in [5.41, 5.74) is 1.08. The third-order valence-corrected chi connectivity index (χ3v) is 4.61. The van der Waals surface area contributed by atoms with Gasteiger partial charge in [-0.05, 0) is 18.8 Å². The van der Waals surface area contributed by atoms with Crippen LogP contribution in [0, 0.1) is 11.8 Å². The molecule has 0 aromatic heterocycles. The van der Waals surface area contributed by atoms with E-state index >= 15 is 0 Å². The van der Waals surface area contributed by atoms with Crippen LogP contribution in [0.4, 0.5) is 0 Å². The largest absolute Gasteiger partial charge is 0.370 e. The SMILES string of the molecule is CC1OC2COC(c3ccccc3)O[C@@H]2[C@H](C)C1C. The molecule has 2 aliphatic rings. The van der Waals surface area contributed by atoms with E-state index in [4.69, 9.17) is 14.2 Å². The Labute approximate surface area is 114 Å². The maximum atomic E-state index is 6.16. The Morgan fingerprint density at radius 3 is 2.42 bits per heavy atom. The molecule has 0 spiro atoms. The van der Waals surface area contributed by atoms with E-state index in [0.717, 1.165) is 5.56 Å². The van der Waals surface area contributed by atoms with Gasteiger partial charge in [0.1, 0.15) is 6.10 Å². The number of rotatable bonds is 1. The average Bonchev–Trinajstić information content (AvgIpc) is 2.46. The van der Waals surface area contributed by atoms with E-state index in [-0.39, 0.29) is 24.6 Å². The van der Waals surface area contributed by atoms with Crippen molar-refractivity contribution >= 4 is 0 Å². The summed E-state index contributed by atoms with van der Waals surface area (Å²) in [6.07, 6.45) is 0.220. The lowest BCUT2D eigenvalue weighted by molar-refractivity contribution is -0.308. The summed E-state index contributed by atoms with van der Waals surface area (Å²) < 4.78 is 18.0. The molecule has 0 radical (unpaired) electrons. The van der Waals surface area contributed by atoms with Gasteiger partial charge < -0.3 is 14.2 Å². The summed E-state index contributed by atoms with van der Waals surface area (Å²) >= 11 is 0. The van der Waals surface area contributed by atoms with Gasteiger partial charge in [0.2, 0.25) is 0 Å². The number of fused-ring (bicyclic) bond motifs is 1. The van der Waals surface area contributed by atoms with Crippen molar-refractivity contribution in [3.63, 3.8) is 0 Å². The minimum Gasteiger partial charge on any atom is -0.370 e. The highest BCUT2D eigenvalue weighted by Crippen LogP contribution is 2.38. The first-order valence-corrected chi connectivity index (χ1v) is 7.14. The lowest BCUT2D eigenvalue weighted by Gasteiger charge is -2.47. The molecule has 3 rings (SSSR count). The van der Waals surface area contributed by atoms with Crippen molar-refractivity contribution in [1.82, 2.24) is 0 Å². The van der Waals surface area contributed by atoms with Gasteiger partial charge in [-0.15, -0.1) is 0 Å². The molecule has 1 aromatic carbocycles. The van der Waals surface area contributed by atoms with Crippen LogP contribution in [-0.4, -0.2) is 24.9 Å². The van der Waals surface area contributed by atoms with Gasteiger partial charge >= 0.3 is 0 Å². The van der Waals surface area contributed by atoms with Crippen molar-refractivity contribution < 1.29 is 14.2 Å². The molecule has 4 unspecified atom stereocenters. The van der Waals surface area contributed by atoms with Gasteiger partial charge in [0.05, 0.1) is 18.8 Å². The second-order valence-corrected chi connectivity index (χ2v) is 5.77. The van der Waals surface area contributed by atoms with E-state index < -0.39 is 0 Å². The minimum atomic E-state index is -0.255. The highest BCUT2D eigenvalue weighted by atomic mass is 16.7. The van der Waals surface area contributed by atoms with Crippen molar-refractivity contribution in [2.45, 2.75) is 45.4 Å². The highest BCUT2D eigenvalue weighted by Gasteiger charge is 2.44. The summed E-state index contributed by atoms with van der Waals surface area (Å²) in [6.45, 7) is 7.25. The molecule has 0 saturated carbocycles. The van der Waals surface area contributed by atoms with Gasteiger partial charge in [0.15, 0.2) is 6.29 Å². The normalized spacial score (nSPS) is 42.7. The molecule has 0 aliphatic carbocycles. The van der Waals surface area contributed by atoms with Crippen molar-refractivity contribution in [2.24, 2.45) is 11.8 Å². The van der Waals surface area contributed by atoms with E-state index in [2.05, 4.69) is 20.8 Å². The van der Waals surface area contributed by atoms with Gasteiger partial charge in [-0.25, -0.2) is 0 Å². The van der Waals surface area contributed by atoms with Crippen molar-refractivity contribution in [1.29, 1.82) is 0 Å². The second kappa shape index (κ2) is 5.23. The van der Waals surface area contributed by atoms with Crippen LogP contribution in [-0.2, 0) is 14.2 Å². The number of hydrogen-bond donors (Lipinski definition) is 0. The number of ether oxygens (including phenoxy) is 3. The Morgan fingerprint density at radius 1 is 0.947 bits per heavy atom. The lowest BCUT2D eigenvalue weighted by atomic mass is 9.81. The van der Waals surface area contributed by atoms with Crippen molar-refractivity contribution in [2.75, 3.05) is 6.61 Å². The molecular formula is C16H22O3. The zero-order valence-electron chi connectivity index (χ0n) is 11.8. The second-order valence-electron chi connectivity index (χ2n) is 5.77. The molecule has 2 fully saturated rings. The first-order chi connectivity index (χ1) is 9.16. The standard InChI is InChI=1S/C16H22O3/c1-10-11(2)15-14(18-12(10)3)9-17-16(19-15)13-7-5-4-6-8-13/h4-8,10-12,14-16H,9H2,1-3H3/t10?,11-,12?,14?,15-,16?/m1/s1. The van der Waals surface area contributed by atoms with Gasteiger partial charge in [-0.1, -0.05) is 44.2 Å². The first-order valence-electron chi connectivity index (χ1n) is 7.14. The van der Waals surface area contributed by atoms with E-state index in [1.807, 2.05) is 30.3 Å². The monoisotopic (exact) mass is 262 g/mol. The fourth-order valence-corrected chi connectivity index (χ4v) is 3.04. The van der Waals surface area contributed by atoms with E-state index in [1.165, 1.54) is 0 Å². The summed E-state index contributed by atoms with van der Waals surface area (Å²) in [5.74, 6) is 1.000. The fourth-order valence-electron chi connectivity index (χ4n) is 3.04. The van der Waals surface area contributed by atoms with Crippen molar-refractivity contribution in [3.05, 3.63) is 35.9 Å². The molecule has 3 nitrogen and oxygen atoms in total.